The van der Waals surface area contributed by atoms with Crippen molar-refractivity contribution in [2.45, 2.75) is 19.4 Å². The largest absolute Gasteiger partial charge is 0.337 e. The lowest BCUT2D eigenvalue weighted by molar-refractivity contribution is 0.0879. The average molecular weight is 356 g/mol. The zero-order valence-electron chi connectivity index (χ0n) is 14.5. The van der Waals surface area contributed by atoms with E-state index >= 15 is 0 Å². The van der Waals surface area contributed by atoms with Crippen molar-refractivity contribution in [3.63, 3.8) is 0 Å². The van der Waals surface area contributed by atoms with Crippen molar-refractivity contribution in [1.29, 1.82) is 5.26 Å². The topological polar surface area (TPSA) is 87.8 Å². The molecule has 2 amide bonds. The number of nitrogens with one attached hydrogen (secondary N) is 1. The van der Waals surface area contributed by atoms with Gasteiger partial charge in [0, 0.05) is 18.9 Å². The third-order valence-electron chi connectivity index (χ3n) is 4.67. The van der Waals surface area contributed by atoms with E-state index in [-0.39, 0.29) is 11.8 Å². The first-order valence-corrected chi connectivity index (χ1v) is 8.60. The number of nitriles is 1. The maximum atomic E-state index is 12.2. The third kappa shape index (κ3) is 3.35. The Morgan fingerprint density at radius 3 is 2.59 bits per heavy atom. The van der Waals surface area contributed by atoms with E-state index < -0.39 is 0 Å². The van der Waals surface area contributed by atoms with E-state index in [1.807, 2.05) is 29.0 Å². The highest BCUT2D eigenvalue weighted by Crippen LogP contribution is 2.25. The number of hydrogen-bond donors (Lipinski definition) is 1. The van der Waals surface area contributed by atoms with Crippen LogP contribution in [-0.4, -0.2) is 21.4 Å². The first-order chi connectivity index (χ1) is 13.1. The van der Waals surface area contributed by atoms with Crippen molar-refractivity contribution >= 4 is 11.8 Å². The lowest BCUT2D eigenvalue weighted by Gasteiger charge is -2.11. The predicted molar refractivity (Wildman–Crippen MR) is 98.1 cm³/mol. The minimum Gasteiger partial charge on any atom is -0.337 e. The van der Waals surface area contributed by atoms with E-state index in [1.165, 1.54) is 0 Å². The normalized spacial score (nSPS) is 12.6. The number of aromatic nitrogens is 2. The second kappa shape index (κ2) is 6.89. The van der Waals surface area contributed by atoms with Crippen LogP contribution >= 0.6 is 0 Å². The molecule has 27 heavy (non-hydrogen) atoms. The van der Waals surface area contributed by atoms with Crippen LogP contribution in [0.2, 0.25) is 0 Å². The van der Waals surface area contributed by atoms with Crippen LogP contribution in [0.4, 0.5) is 0 Å². The van der Waals surface area contributed by atoms with E-state index in [0.717, 1.165) is 16.7 Å². The number of fused-ring (bicyclic) bond motifs is 1. The van der Waals surface area contributed by atoms with Crippen molar-refractivity contribution in [3.05, 3.63) is 88.5 Å². The summed E-state index contributed by atoms with van der Waals surface area (Å²) >= 11 is 0. The molecule has 0 saturated carbocycles. The van der Waals surface area contributed by atoms with E-state index in [2.05, 4.69) is 16.4 Å². The van der Waals surface area contributed by atoms with E-state index in [9.17, 15) is 9.59 Å². The molecule has 0 saturated heterocycles. The van der Waals surface area contributed by atoms with Gasteiger partial charge in [0.25, 0.3) is 11.8 Å². The van der Waals surface area contributed by atoms with Gasteiger partial charge in [-0.15, -0.1) is 0 Å². The fraction of sp³-hybridized carbons (Fsp3) is 0.143. The molecule has 3 aromatic rings. The Balaban J connectivity index is 1.66. The quantitative estimate of drug-likeness (QED) is 0.712. The molecule has 0 bridgehead atoms. The molecule has 132 valence electrons. The van der Waals surface area contributed by atoms with Gasteiger partial charge in [-0.2, -0.15) is 5.26 Å². The SMILES string of the molecule is N#Cc1ccc(Cc2cc(CCn3ccnc3)c3c(c2)C(=O)NC3=O)cc1. The summed E-state index contributed by atoms with van der Waals surface area (Å²) in [7, 11) is 0. The fourth-order valence-corrected chi connectivity index (χ4v) is 3.35. The second-order valence-corrected chi connectivity index (χ2v) is 6.50. The average Bonchev–Trinajstić information content (AvgIpc) is 3.29. The minimum absolute atomic E-state index is 0.333. The predicted octanol–water partition coefficient (Wildman–Crippen LogP) is 2.47. The summed E-state index contributed by atoms with van der Waals surface area (Å²) in [4.78, 5) is 28.4. The number of imide groups is 1. The standard InChI is InChI=1S/C21H16N4O2/c22-12-15-3-1-14(2-4-15)9-16-10-17(5-7-25-8-6-23-13-25)19-18(11-16)20(26)24-21(19)27/h1-4,6,8,10-11,13H,5,7,9H2,(H,24,26,27). The molecule has 0 unspecified atom stereocenters. The van der Waals surface area contributed by atoms with Gasteiger partial charge in [0.05, 0.1) is 29.1 Å². The highest BCUT2D eigenvalue weighted by Gasteiger charge is 2.29. The van der Waals surface area contributed by atoms with Crippen molar-refractivity contribution in [1.82, 2.24) is 14.9 Å². The van der Waals surface area contributed by atoms with Crippen molar-refractivity contribution in [3.8, 4) is 6.07 Å². The molecular weight excluding hydrogens is 340 g/mol. The lowest BCUT2D eigenvalue weighted by atomic mass is 9.94. The van der Waals surface area contributed by atoms with Gasteiger partial charge in [0.2, 0.25) is 0 Å². The first-order valence-electron chi connectivity index (χ1n) is 8.60. The molecular formula is C21H16N4O2. The molecule has 0 spiro atoms. The van der Waals surface area contributed by atoms with Gasteiger partial charge in [-0.05, 0) is 47.7 Å². The molecule has 2 aromatic carbocycles. The Morgan fingerprint density at radius 2 is 1.89 bits per heavy atom. The number of rotatable bonds is 5. The van der Waals surface area contributed by atoms with Crippen molar-refractivity contribution in [2.24, 2.45) is 0 Å². The van der Waals surface area contributed by atoms with Gasteiger partial charge >= 0.3 is 0 Å². The number of aryl methyl sites for hydroxylation is 2. The van der Waals surface area contributed by atoms with E-state index in [1.54, 1.807) is 30.7 Å². The van der Waals surface area contributed by atoms with Crippen molar-refractivity contribution in [2.75, 3.05) is 0 Å². The third-order valence-corrected chi connectivity index (χ3v) is 4.67. The summed E-state index contributed by atoms with van der Waals surface area (Å²) in [5.74, 6) is -0.680. The Kier molecular flexibility index (Phi) is 4.27. The maximum absolute atomic E-state index is 12.2. The van der Waals surface area contributed by atoms with E-state index in [0.29, 0.717) is 36.1 Å². The van der Waals surface area contributed by atoms with Crippen molar-refractivity contribution < 1.29 is 9.59 Å². The molecule has 1 N–H and O–H groups in total. The van der Waals surface area contributed by atoms with Gasteiger partial charge in [-0.3, -0.25) is 14.9 Å². The Labute approximate surface area is 156 Å². The van der Waals surface area contributed by atoms with Crippen LogP contribution in [0.25, 0.3) is 0 Å². The smallest absolute Gasteiger partial charge is 0.259 e. The molecule has 6 nitrogen and oxygen atoms in total. The lowest BCUT2D eigenvalue weighted by Crippen LogP contribution is -2.20. The summed E-state index contributed by atoms with van der Waals surface area (Å²) in [6, 6.07) is 13.2. The van der Waals surface area contributed by atoms with E-state index in [4.69, 9.17) is 5.26 Å². The zero-order chi connectivity index (χ0) is 18.8. The van der Waals surface area contributed by atoms with Crippen LogP contribution in [0.15, 0.2) is 55.1 Å². The highest BCUT2D eigenvalue weighted by atomic mass is 16.2. The Bertz CT molecular complexity index is 1060. The number of hydrogen-bond acceptors (Lipinski definition) is 4. The van der Waals surface area contributed by atoms with Gasteiger partial charge in [0.15, 0.2) is 0 Å². The number of imidazole rings is 1. The molecule has 1 aliphatic heterocycles. The summed E-state index contributed by atoms with van der Waals surface area (Å²) < 4.78 is 1.94. The van der Waals surface area contributed by atoms with Gasteiger partial charge in [-0.25, -0.2) is 4.98 Å². The second-order valence-electron chi connectivity index (χ2n) is 6.50. The molecule has 6 heteroatoms. The van der Waals surface area contributed by atoms with Crippen LogP contribution in [0.1, 0.15) is 43.0 Å². The monoisotopic (exact) mass is 356 g/mol. The molecule has 0 radical (unpaired) electrons. The van der Waals surface area contributed by atoms with Crippen LogP contribution < -0.4 is 5.32 Å². The number of benzene rings is 2. The molecule has 0 fully saturated rings. The molecule has 4 rings (SSSR count). The Hall–Kier alpha value is -3.72. The number of carbonyl (C=O) groups excluding carboxylic acids is 2. The van der Waals surface area contributed by atoms with Crippen LogP contribution in [-0.2, 0) is 19.4 Å². The first kappa shape index (κ1) is 16.7. The summed E-state index contributed by atoms with van der Waals surface area (Å²) in [5, 5.41) is 11.3. The minimum atomic E-state index is -0.347. The molecule has 2 heterocycles. The molecule has 0 atom stereocenters. The fourth-order valence-electron chi connectivity index (χ4n) is 3.35. The summed E-state index contributed by atoms with van der Waals surface area (Å²) in [5.41, 5.74) is 4.38. The summed E-state index contributed by atoms with van der Waals surface area (Å²) in [6.45, 7) is 0.675. The van der Waals surface area contributed by atoms with Gasteiger partial charge < -0.3 is 4.57 Å². The van der Waals surface area contributed by atoms with Crippen LogP contribution in [0.5, 0.6) is 0 Å². The highest BCUT2D eigenvalue weighted by molar-refractivity contribution is 6.22. The van der Waals surface area contributed by atoms with Crippen LogP contribution in [0.3, 0.4) is 0 Å². The number of nitrogens with zero attached hydrogens (tertiary/aromatic N) is 3. The van der Waals surface area contributed by atoms with Crippen LogP contribution in [0, 0.1) is 11.3 Å². The number of amides is 2. The summed E-state index contributed by atoms with van der Waals surface area (Å²) in [6.07, 6.45) is 6.55. The number of carbonyl (C=O) groups is 2. The molecule has 1 aliphatic rings. The Morgan fingerprint density at radius 1 is 1.07 bits per heavy atom. The zero-order valence-corrected chi connectivity index (χ0v) is 14.5. The van der Waals surface area contributed by atoms with Gasteiger partial charge in [0.1, 0.15) is 0 Å². The molecule has 0 aliphatic carbocycles. The molecule has 1 aromatic heterocycles. The van der Waals surface area contributed by atoms with Gasteiger partial charge in [-0.1, -0.05) is 18.2 Å². The maximum Gasteiger partial charge on any atom is 0.259 e.